The van der Waals surface area contributed by atoms with Gasteiger partial charge in [-0.05, 0) is 42.3 Å². The van der Waals surface area contributed by atoms with E-state index in [1.165, 1.54) is 0 Å². The number of amides is 1. The van der Waals surface area contributed by atoms with Gasteiger partial charge >= 0.3 is 0 Å². The molecule has 1 atom stereocenters. The molecule has 0 aliphatic heterocycles. The van der Waals surface area contributed by atoms with E-state index in [9.17, 15) is 4.79 Å². The molecule has 3 aromatic carbocycles. The van der Waals surface area contributed by atoms with E-state index >= 15 is 0 Å². The molecule has 0 unspecified atom stereocenters. The molecule has 1 amide bonds. The normalized spacial score (nSPS) is 11.4. The van der Waals surface area contributed by atoms with Gasteiger partial charge in [-0.2, -0.15) is 0 Å². The molecule has 6 heteroatoms. The van der Waals surface area contributed by atoms with Gasteiger partial charge in [0.15, 0.2) is 11.5 Å². The van der Waals surface area contributed by atoms with Crippen LogP contribution in [0.25, 0.3) is 0 Å². The molecule has 0 heterocycles. The first-order valence-electron chi connectivity index (χ1n) is 9.12. The number of aryl methyl sites for hydroxylation is 1. The van der Waals surface area contributed by atoms with Crippen molar-refractivity contribution in [2.75, 3.05) is 24.9 Å². The molecule has 0 aliphatic rings. The first-order chi connectivity index (χ1) is 14.0. The predicted molar refractivity (Wildman–Crippen MR) is 117 cm³/mol. The van der Waals surface area contributed by atoms with Crippen LogP contribution in [0, 0.1) is 6.92 Å². The Hall–Kier alpha value is -3.18. The minimum Gasteiger partial charge on any atom is -0.493 e. The van der Waals surface area contributed by atoms with E-state index < -0.39 is 6.04 Å². The standard InChI is InChI=1S/C23H23ClN2O3/c1-15-9-10-17(13-19(15)24)26-23(27)22(16-7-5-4-6-8-16)25-18-11-12-20(28-2)21(14-18)29-3/h4-14,22,25H,1-3H3,(H,26,27)/t22-/m0/s1. The molecule has 0 spiro atoms. The molecule has 0 saturated carbocycles. The lowest BCUT2D eigenvalue weighted by atomic mass is 10.1. The maximum Gasteiger partial charge on any atom is 0.251 e. The number of benzene rings is 3. The molecular formula is C23H23ClN2O3. The van der Waals surface area contributed by atoms with Gasteiger partial charge in [-0.1, -0.05) is 48.0 Å². The second-order valence-electron chi connectivity index (χ2n) is 6.51. The summed E-state index contributed by atoms with van der Waals surface area (Å²) in [4.78, 5) is 13.1. The van der Waals surface area contributed by atoms with E-state index in [-0.39, 0.29) is 5.91 Å². The van der Waals surface area contributed by atoms with Crippen molar-refractivity contribution < 1.29 is 14.3 Å². The van der Waals surface area contributed by atoms with Crippen molar-refractivity contribution in [3.05, 3.63) is 82.9 Å². The Balaban J connectivity index is 1.89. The smallest absolute Gasteiger partial charge is 0.251 e. The Morgan fingerprint density at radius 2 is 1.59 bits per heavy atom. The Bertz CT molecular complexity index is 993. The molecule has 5 nitrogen and oxygen atoms in total. The quantitative estimate of drug-likeness (QED) is 0.543. The molecule has 0 bridgehead atoms. The maximum absolute atomic E-state index is 13.1. The van der Waals surface area contributed by atoms with Crippen LogP contribution in [0.4, 0.5) is 11.4 Å². The van der Waals surface area contributed by atoms with Crippen LogP contribution in [0.5, 0.6) is 11.5 Å². The largest absolute Gasteiger partial charge is 0.493 e. The molecule has 0 aliphatic carbocycles. The SMILES string of the molecule is COc1ccc(N[C@H](C(=O)Nc2ccc(C)c(Cl)c2)c2ccccc2)cc1OC. The molecule has 0 fully saturated rings. The van der Waals surface area contributed by atoms with Gasteiger partial charge in [0.05, 0.1) is 14.2 Å². The summed E-state index contributed by atoms with van der Waals surface area (Å²) in [7, 11) is 3.15. The fourth-order valence-corrected chi connectivity index (χ4v) is 3.10. The first-order valence-corrected chi connectivity index (χ1v) is 9.50. The van der Waals surface area contributed by atoms with E-state index in [1.807, 2.05) is 55.5 Å². The third-order valence-electron chi connectivity index (χ3n) is 4.53. The van der Waals surface area contributed by atoms with Crippen molar-refractivity contribution in [3.63, 3.8) is 0 Å². The molecule has 29 heavy (non-hydrogen) atoms. The monoisotopic (exact) mass is 410 g/mol. The zero-order valence-corrected chi connectivity index (χ0v) is 17.3. The van der Waals surface area contributed by atoms with E-state index in [0.29, 0.717) is 22.2 Å². The predicted octanol–water partition coefficient (Wildman–Crippen LogP) is 5.46. The summed E-state index contributed by atoms with van der Waals surface area (Å²) in [6.45, 7) is 1.92. The second-order valence-corrected chi connectivity index (χ2v) is 6.92. The lowest BCUT2D eigenvalue weighted by Crippen LogP contribution is -2.27. The van der Waals surface area contributed by atoms with Crippen LogP contribution in [-0.2, 0) is 4.79 Å². The lowest BCUT2D eigenvalue weighted by Gasteiger charge is -2.21. The van der Waals surface area contributed by atoms with Crippen LogP contribution in [0.1, 0.15) is 17.2 Å². The van der Waals surface area contributed by atoms with Gasteiger partial charge in [-0.3, -0.25) is 4.79 Å². The third-order valence-corrected chi connectivity index (χ3v) is 4.94. The summed E-state index contributed by atoms with van der Waals surface area (Å²) < 4.78 is 10.6. The number of carbonyl (C=O) groups excluding carboxylic acids is 1. The lowest BCUT2D eigenvalue weighted by molar-refractivity contribution is -0.117. The summed E-state index contributed by atoms with van der Waals surface area (Å²) in [5.41, 5.74) is 3.15. The minimum absolute atomic E-state index is 0.203. The van der Waals surface area contributed by atoms with Crippen LogP contribution in [-0.4, -0.2) is 20.1 Å². The summed E-state index contributed by atoms with van der Waals surface area (Å²) in [5, 5.41) is 6.83. The van der Waals surface area contributed by atoms with E-state index in [4.69, 9.17) is 21.1 Å². The summed E-state index contributed by atoms with van der Waals surface area (Å²) in [6, 6.07) is 19.8. The number of methoxy groups -OCH3 is 2. The highest BCUT2D eigenvalue weighted by molar-refractivity contribution is 6.31. The van der Waals surface area contributed by atoms with Crippen LogP contribution < -0.4 is 20.1 Å². The number of hydrogen-bond donors (Lipinski definition) is 2. The van der Waals surface area contributed by atoms with Crippen molar-refractivity contribution >= 4 is 28.9 Å². The summed E-state index contributed by atoms with van der Waals surface area (Å²) in [5.74, 6) is 0.994. The highest BCUT2D eigenvalue weighted by Gasteiger charge is 2.21. The molecule has 0 aromatic heterocycles. The number of anilines is 2. The van der Waals surface area contributed by atoms with Gasteiger partial charge in [-0.25, -0.2) is 0 Å². The molecule has 3 rings (SSSR count). The number of hydrogen-bond acceptors (Lipinski definition) is 4. The topological polar surface area (TPSA) is 59.6 Å². The van der Waals surface area contributed by atoms with Gasteiger partial charge in [0.25, 0.3) is 5.91 Å². The van der Waals surface area contributed by atoms with Crippen LogP contribution in [0.15, 0.2) is 66.7 Å². The third kappa shape index (κ3) is 5.00. The molecule has 2 N–H and O–H groups in total. The van der Waals surface area contributed by atoms with Crippen molar-refractivity contribution in [2.45, 2.75) is 13.0 Å². The fraction of sp³-hybridized carbons (Fsp3) is 0.174. The van der Waals surface area contributed by atoms with Gasteiger partial charge in [0, 0.05) is 22.5 Å². The number of rotatable bonds is 7. The molecule has 3 aromatic rings. The van der Waals surface area contributed by atoms with Crippen LogP contribution in [0.3, 0.4) is 0 Å². The zero-order chi connectivity index (χ0) is 20.8. The van der Waals surface area contributed by atoms with Crippen molar-refractivity contribution in [1.29, 1.82) is 0 Å². The number of nitrogens with one attached hydrogen (secondary N) is 2. The molecule has 0 saturated heterocycles. The van der Waals surface area contributed by atoms with Gasteiger partial charge in [0.1, 0.15) is 6.04 Å². The van der Waals surface area contributed by atoms with E-state index in [0.717, 1.165) is 16.8 Å². The number of ether oxygens (including phenoxy) is 2. The number of carbonyl (C=O) groups is 1. The summed E-state index contributed by atoms with van der Waals surface area (Å²) in [6.07, 6.45) is 0. The Morgan fingerprint density at radius 3 is 2.24 bits per heavy atom. The average molecular weight is 411 g/mol. The first kappa shape index (κ1) is 20.6. The maximum atomic E-state index is 13.1. The van der Waals surface area contributed by atoms with Gasteiger partial charge in [0.2, 0.25) is 0 Å². The zero-order valence-electron chi connectivity index (χ0n) is 16.5. The minimum atomic E-state index is -0.616. The molecular weight excluding hydrogens is 388 g/mol. The Kier molecular flexibility index (Phi) is 6.62. The Morgan fingerprint density at radius 1 is 0.897 bits per heavy atom. The second kappa shape index (κ2) is 9.34. The van der Waals surface area contributed by atoms with Crippen molar-refractivity contribution in [2.24, 2.45) is 0 Å². The van der Waals surface area contributed by atoms with Crippen LogP contribution in [0.2, 0.25) is 5.02 Å². The van der Waals surface area contributed by atoms with Crippen LogP contribution >= 0.6 is 11.6 Å². The highest BCUT2D eigenvalue weighted by Crippen LogP contribution is 2.32. The van der Waals surface area contributed by atoms with Gasteiger partial charge < -0.3 is 20.1 Å². The highest BCUT2D eigenvalue weighted by atomic mass is 35.5. The van der Waals surface area contributed by atoms with Crippen molar-refractivity contribution in [3.8, 4) is 11.5 Å². The molecule has 0 radical (unpaired) electrons. The van der Waals surface area contributed by atoms with E-state index in [1.54, 1.807) is 32.4 Å². The molecule has 150 valence electrons. The summed E-state index contributed by atoms with van der Waals surface area (Å²) >= 11 is 6.19. The fourth-order valence-electron chi connectivity index (χ4n) is 2.92. The Labute approximate surface area is 175 Å². The average Bonchev–Trinajstić information content (AvgIpc) is 2.75. The van der Waals surface area contributed by atoms with Crippen molar-refractivity contribution in [1.82, 2.24) is 0 Å². The number of halogens is 1. The van der Waals surface area contributed by atoms with Gasteiger partial charge in [-0.15, -0.1) is 0 Å². The van der Waals surface area contributed by atoms with E-state index in [2.05, 4.69) is 10.6 Å².